The van der Waals surface area contributed by atoms with Gasteiger partial charge < -0.3 is 9.47 Å². The molecule has 0 bridgehead atoms. The Morgan fingerprint density at radius 2 is 2.04 bits per heavy atom. The van der Waals surface area contributed by atoms with Crippen molar-refractivity contribution in [2.24, 2.45) is 5.10 Å². The lowest BCUT2D eigenvalue weighted by Gasteiger charge is -2.15. The molecule has 1 amide bonds. The summed E-state index contributed by atoms with van der Waals surface area (Å²) in [6.45, 7) is 3.89. The standard InChI is InChI=1S/C19H20BrClN2O3S/c1-12(2)26-19-16(20)8-13(9-17(19)25-3)10-22-23-18(24)11-27-15-6-4-14(21)5-7-15/h4-10,12H,11H2,1-3H3,(H,23,24)/b22-10-. The number of rotatable bonds is 8. The van der Waals surface area contributed by atoms with Gasteiger partial charge in [0.15, 0.2) is 11.5 Å². The molecule has 144 valence electrons. The fraction of sp³-hybridized carbons (Fsp3) is 0.263. The summed E-state index contributed by atoms with van der Waals surface area (Å²) in [6.07, 6.45) is 1.57. The first-order chi connectivity index (χ1) is 12.9. The Morgan fingerprint density at radius 3 is 2.67 bits per heavy atom. The van der Waals surface area contributed by atoms with Crippen molar-refractivity contribution < 1.29 is 14.3 Å². The second-order valence-corrected chi connectivity index (χ2v) is 8.08. The number of hydrogen-bond acceptors (Lipinski definition) is 5. The maximum absolute atomic E-state index is 11.9. The van der Waals surface area contributed by atoms with Gasteiger partial charge in [0.1, 0.15) is 0 Å². The number of nitrogens with one attached hydrogen (secondary N) is 1. The Kier molecular flexibility index (Phi) is 8.47. The van der Waals surface area contributed by atoms with Crippen LogP contribution >= 0.6 is 39.3 Å². The van der Waals surface area contributed by atoms with Crippen LogP contribution < -0.4 is 14.9 Å². The third-order valence-electron chi connectivity index (χ3n) is 3.19. The van der Waals surface area contributed by atoms with Crippen molar-refractivity contribution in [2.75, 3.05) is 12.9 Å². The first-order valence-corrected chi connectivity index (χ1v) is 10.3. The van der Waals surface area contributed by atoms with Crippen LogP contribution in [0.4, 0.5) is 0 Å². The minimum absolute atomic E-state index is 0.0205. The molecule has 0 aromatic heterocycles. The lowest BCUT2D eigenvalue weighted by Crippen LogP contribution is -2.19. The first-order valence-electron chi connectivity index (χ1n) is 8.13. The van der Waals surface area contributed by atoms with Gasteiger partial charge in [-0.25, -0.2) is 5.43 Å². The van der Waals surface area contributed by atoms with Gasteiger partial charge in [0, 0.05) is 9.92 Å². The number of thioether (sulfide) groups is 1. The Bertz CT molecular complexity index is 813. The van der Waals surface area contributed by atoms with E-state index in [-0.39, 0.29) is 17.8 Å². The highest BCUT2D eigenvalue weighted by atomic mass is 79.9. The quantitative estimate of drug-likeness (QED) is 0.329. The minimum Gasteiger partial charge on any atom is -0.493 e. The van der Waals surface area contributed by atoms with E-state index in [4.69, 9.17) is 21.1 Å². The molecule has 0 spiro atoms. The first kappa shape index (κ1) is 21.6. The third kappa shape index (κ3) is 7.08. The molecule has 0 fully saturated rings. The van der Waals surface area contributed by atoms with Gasteiger partial charge >= 0.3 is 0 Å². The van der Waals surface area contributed by atoms with Crippen molar-refractivity contribution >= 4 is 51.4 Å². The molecule has 0 saturated carbocycles. The van der Waals surface area contributed by atoms with Gasteiger partial charge in [0.05, 0.1) is 29.7 Å². The predicted molar refractivity (Wildman–Crippen MR) is 114 cm³/mol. The number of nitrogens with zero attached hydrogens (tertiary/aromatic N) is 1. The number of benzene rings is 2. The molecular formula is C19H20BrClN2O3S. The van der Waals surface area contributed by atoms with E-state index < -0.39 is 0 Å². The summed E-state index contributed by atoms with van der Waals surface area (Å²) in [5.74, 6) is 1.28. The van der Waals surface area contributed by atoms with Crippen LogP contribution in [0.2, 0.25) is 5.02 Å². The van der Waals surface area contributed by atoms with Crippen molar-refractivity contribution in [3.8, 4) is 11.5 Å². The molecule has 0 aliphatic heterocycles. The highest BCUT2D eigenvalue weighted by Gasteiger charge is 2.12. The van der Waals surface area contributed by atoms with E-state index in [0.717, 1.165) is 14.9 Å². The van der Waals surface area contributed by atoms with Crippen LogP contribution in [0, 0.1) is 0 Å². The number of ether oxygens (including phenoxy) is 2. The zero-order valence-corrected chi connectivity index (χ0v) is 18.3. The van der Waals surface area contributed by atoms with Crippen molar-refractivity contribution in [1.82, 2.24) is 5.43 Å². The molecule has 0 aliphatic rings. The molecule has 1 N–H and O–H groups in total. The number of methoxy groups -OCH3 is 1. The number of hydrazone groups is 1. The Morgan fingerprint density at radius 1 is 1.33 bits per heavy atom. The summed E-state index contributed by atoms with van der Waals surface area (Å²) < 4.78 is 11.9. The Labute approximate surface area is 176 Å². The van der Waals surface area contributed by atoms with E-state index >= 15 is 0 Å². The van der Waals surface area contributed by atoms with Crippen molar-refractivity contribution in [2.45, 2.75) is 24.8 Å². The van der Waals surface area contributed by atoms with Gasteiger partial charge in [-0.3, -0.25) is 4.79 Å². The van der Waals surface area contributed by atoms with E-state index in [1.54, 1.807) is 31.5 Å². The SMILES string of the molecule is COc1cc(/C=N\NC(=O)CSc2ccc(Cl)cc2)cc(Br)c1OC(C)C. The predicted octanol–water partition coefficient (Wildman–Crippen LogP) is 5.14. The molecule has 5 nitrogen and oxygen atoms in total. The van der Waals surface area contributed by atoms with Crippen LogP contribution in [0.25, 0.3) is 0 Å². The highest BCUT2D eigenvalue weighted by molar-refractivity contribution is 9.10. The molecule has 2 rings (SSSR count). The number of hydrogen-bond donors (Lipinski definition) is 1. The molecule has 2 aromatic carbocycles. The molecule has 8 heteroatoms. The number of amides is 1. The van der Waals surface area contributed by atoms with E-state index in [9.17, 15) is 4.79 Å². The smallest absolute Gasteiger partial charge is 0.250 e. The van der Waals surface area contributed by atoms with Gasteiger partial charge in [-0.2, -0.15) is 5.10 Å². The van der Waals surface area contributed by atoms with E-state index in [1.807, 2.05) is 32.0 Å². The largest absolute Gasteiger partial charge is 0.493 e. The van der Waals surface area contributed by atoms with Crippen LogP contribution in [0.15, 0.2) is 50.9 Å². The maximum Gasteiger partial charge on any atom is 0.250 e. The van der Waals surface area contributed by atoms with Crippen molar-refractivity contribution in [3.05, 3.63) is 51.5 Å². The normalized spacial score (nSPS) is 11.0. The molecule has 27 heavy (non-hydrogen) atoms. The van der Waals surface area contributed by atoms with Gasteiger partial charge in [-0.15, -0.1) is 11.8 Å². The average Bonchev–Trinajstić information content (AvgIpc) is 2.63. The molecule has 0 heterocycles. The second-order valence-electron chi connectivity index (χ2n) is 5.74. The molecule has 0 unspecified atom stereocenters. The topological polar surface area (TPSA) is 59.9 Å². The summed E-state index contributed by atoms with van der Waals surface area (Å²) in [6, 6.07) is 11.0. The van der Waals surface area contributed by atoms with Crippen LogP contribution in [0.1, 0.15) is 19.4 Å². The zero-order chi connectivity index (χ0) is 19.8. The molecule has 0 atom stereocenters. The summed E-state index contributed by atoms with van der Waals surface area (Å²) in [7, 11) is 1.58. The maximum atomic E-state index is 11.9. The number of carbonyl (C=O) groups excluding carboxylic acids is 1. The van der Waals surface area contributed by atoms with Gasteiger partial charge in [0.2, 0.25) is 5.91 Å². The monoisotopic (exact) mass is 470 g/mol. The van der Waals surface area contributed by atoms with E-state index in [1.165, 1.54) is 11.8 Å². The number of halogens is 2. The average molecular weight is 472 g/mol. The van der Waals surface area contributed by atoms with E-state index in [2.05, 4.69) is 26.5 Å². The summed E-state index contributed by atoms with van der Waals surface area (Å²) in [5, 5.41) is 4.67. The van der Waals surface area contributed by atoms with Gasteiger partial charge in [0.25, 0.3) is 0 Å². The fourth-order valence-corrected chi connectivity index (χ4v) is 3.43. The Hall–Kier alpha value is -1.70. The van der Waals surface area contributed by atoms with E-state index in [0.29, 0.717) is 16.5 Å². The lowest BCUT2D eigenvalue weighted by molar-refractivity contribution is -0.118. The lowest BCUT2D eigenvalue weighted by atomic mass is 10.2. The number of carbonyl (C=O) groups is 1. The fourth-order valence-electron chi connectivity index (χ4n) is 2.06. The second kappa shape index (κ2) is 10.6. The summed E-state index contributed by atoms with van der Waals surface area (Å²) >= 11 is 10.7. The highest BCUT2D eigenvalue weighted by Crippen LogP contribution is 2.36. The van der Waals surface area contributed by atoms with Crippen molar-refractivity contribution in [1.29, 1.82) is 0 Å². The van der Waals surface area contributed by atoms with Gasteiger partial charge in [-0.1, -0.05) is 11.6 Å². The van der Waals surface area contributed by atoms with Crippen LogP contribution in [0.5, 0.6) is 11.5 Å². The van der Waals surface area contributed by atoms with Crippen LogP contribution in [-0.2, 0) is 4.79 Å². The van der Waals surface area contributed by atoms with Crippen LogP contribution in [0.3, 0.4) is 0 Å². The third-order valence-corrected chi connectivity index (χ3v) is 5.04. The molecular weight excluding hydrogens is 452 g/mol. The molecule has 0 aliphatic carbocycles. The van der Waals surface area contributed by atoms with Crippen molar-refractivity contribution in [3.63, 3.8) is 0 Å². The molecule has 2 aromatic rings. The zero-order valence-electron chi connectivity index (χ0n) is 15.2. The van der Waals surface area contributed by atoms with Crippen LogP contribution in [-0.4, -0.2) is 31.1 Å². The van der Waals surface area contributed by atoms with Gasteiger partial charge in [-0.05, 0) is 71.7 Å². The summed E-state index contributed by atoms with van der Waals surface area (Å²) in [4.78, 5) is 12.9. The Balaban J connectivity index is 1.93. The molecule has 0 saturated heterocycles. The molecule has 0 radical (unpaired) electrons. The minimum atomic E-state index is -0.197. The summed E-state index contributed by atoms with van der Waals surface area (Å²) in [5.41, 5.74) is 3.28.